The summed E-state index contributed by atoms with van der Waals surface area (Å²) in [5.41, 5.74) is 11.9. The smallest absolute Gasteiger partial charge is 0.0819 e. The highest BCUT2D eigenvalue weighted by molar-refractivity contribution is 6.23. The molecule has 3 heterocycles. The molecule has 4 heteroatoms. The van der Waals surface area contributed by atoms with E-state index in [1.165, 1.54) is 33.0 Å². The zero-order chi connectivity index (χ0) is 31.9. The normalized spacial score (nSPS) is 14.6. The number of nitrogens with zero attached hydrogens (tertiary/aromatic N) is 4. The SMILES string of the molecule is c1ccc(-c2ccc3cc(/C4=N/c5ccncc5/C(c5ccc6cc(-c7ccccc7)ccc6c5)=N\c5ccncc54)ccc3c2)cc1. The van der Waals surface area contributed by atoms with Crippen LogP contribution >= 0.6 is 0 Å². The zero-order valence-corrected chi connectivity index (χ0v) is 26.0. The van der Waals surface area contributed by atoms with Gasteiger partial charge >= 0.3 is 0 Å². The van der Waals surface area contributed by atoms with Crippen LogP contribution in [0.2, 0.25) is 0 Å². The van der Waals surface area contributed by atoms with Gasteiger partial charge in [0, 0.05) is 47.0 Å². The lowest BCUT2D eigenvalue weighted by Crippen LogP contribution is -2.11. The third-order valence-corrected chi connectivity index (χ3v) is 9.01. The van der Waals surface area contributed by atoms with Crippen molar-refractivity contribution >= 4 is 44.3 Å². The van der Waals surface area contributed by atoms with Gasteiger partial charge in [-0.1, -0.05) is 109 Å². The predicted molar refractivity (Wildman–Crippen MR) is 198 cm³/mol. The van der Waals surface area contributed by atoms with Crippen molar-refractivity contribution < 1.29 is 0 Å². The summed E-state index contributed by atoms with van der Waals surface area (Å²) in [4.78, 5) is 19.7. The lowest BCUT2D eigenvalue weighted by atomic mass is 9.94. The molecule has 0 fully saturated rings. The van der Waals surface area contributed by atoms with Gasteiger partial charge in [-0.2, -0.15) is 0 Å². The summed E-state index contributed by atoms with van der Waals surface area (Å²) >= 11 is 0. The van der Waals surface area contributed by atoms with E-state index in [9.17, 15) is 0 Å². The number of fused-ring (bicyclic) bond motifs is 4. The van der Waals surface area contributed by atoms with Crippen molar-refractivity contribution in [2.45, 2.75) is 0 Å². The Labute approximate surface area is 278 Å². The van der Waals surface area contributed by atoms with Crippen LogP contribution in [-0.4, -0.2) is 21.4 Å². The highest BCUT2D eigenvalue weighted by Gasteiger charge is 2.21. The largest absolute Gasteiger partial charge is 0.264 e. The Morgan fingerprint density at radius 3 is 1.10 bits per heavy atom. The summed E-state index contributed by atoms with van der Waals surface area (Å²) in [6, 6.07) is 51.2. The molecule has 48 heavy (non-hydrogen) atoms. The van der Waals surface area contributed by atoms with Crippen molar-refractivity contribution in [3.8, 4) is 22.3 Å². The summed E-state index contributed by atoms with van der Waals surface area (Å²) < 4.78 is 0. The van der Waals surface area contributed by atoms with Gasteiger partial charge in [0.05, 0.1) is 22.8 Å². The number of hydrogen-bond donors (Lipinski definition) is 0. The maximum absolute atomic E-state index is 5.32. The molecule has 0 unspecified atom stereocenters. The molecule has 0 aliphatic carbocycles. The number of rotatable bonds is 4. The molecule has 0 amide bonds. The van der Waals surface area contributed by atoms with E-state index < -0.39 is 0 Å². The Kier molecular flexibility index (Phi) is 6.76. The van der Waals surface area contributed by atoms with Gasteiger partial charge < -0.3 is 0 Å². The third-order valence-electron chi connectivity index (χ3n) is 9.01. The van der Waals surface area contributed by atoms with E-state index in [0.29, 0.717) is 0 Å². The van der Waals surface area contributed by atoms with Crippen LogP contribution < -0.4 is 0 Å². The second kappa shape index (κ2) is 11.7. The van der Waals surface area contributed by atoms with Crippen LogP contribution in [0.3, 0.4) is 0 Å². The fourth-order valence-electron chi connectivity index (χ4n) is 6.54. The monoisotopic (exact) mass is 612 g/mol. The molecular weight excluding hydrogens is 585 g/mol. The van der Waals surface area contributed by atoms with Crippen LogP contribution in [0, 0.1) is 0 Å². The summed E-state index contributed by atoms with van der Waals surface area (Å²) in [6.07, 6.45) is 7.33. The van der Waals surface area contributed by atoms with Gasteiger partial charge in [0.2, 0.25) is 0 Å². The molecule has 0 saturated carbocycles. The van der Waals surface area contributed by atoms with Crippen molar-refractivity contribution in [2.75, 3.05) is 0 Å². The van der Waals surface area contributed by atoms with E-state index in [4.69, 9.17) is 9.98 Å². The van der Waals surface area contributed by atoms with Crippen LogP contribution in [0.1, 0.15) is 22.3 Å². The van der Waals surface area contributed by atoms with Gasteiger partial charge in [-0.05, 0) is 80.2 Å². The number of pyridine rings is 2. The van der Waals surface area contributed by atoms with E-state index in [1.54, 1.807) is 12.4 Å². The Hall–Kier alpha value is -6.52. The van der Waals surface area contributed by atoms with Crippen LogP contribution in [0.4, 0.5) is 11.4 Å². The lowest BCUT2D eigenvalue weighted by molar-refractivity contribution is 1.26. The highest BCUT2D eigenvalue weighted by Crippen LogP contribution is 2.35. The molecule has 8 aromatic rings. The van der Waals surface area contributed by atoms with E-state index in [2.05, 4.69) is 131 Å². The molecule has 1 aliphatic heterocycles. The van der Waals surface area contributed by atoms with Gasteiger partial charge in [0.25, 0.3) is 0 Å². The molecule has 6 aromatic carbocycles. The van der Waals surface area contributed by atoms with E-state index in [-0.39, 0.29) is 0 Å². The fraction of sp³-hybridized carbons (Fsp3) is 0. The topological polar surface area (TPSA) is 50.5 Å². The van der Waals surface area contributed by atoms with E-state index >= 15 is 0 Å². The van der Waals surface area contributed by atoms with Crippen molar-refractivity contribution in [2.24, 2.45) is 9.98 Å². The molecule has 2 aromatic heterocycles. The molecule has 4 nitrogen and oxygen atoms in total. The molecule has 0 saturated heterocycles. The summed E-state index contributed by atoms with van der Waals surface area (Å²) in [6.45, 7) is 0. The third kappa shape index (κ3) is 5.06. The predicted octanol–water partition coefficient (Wildman–Crippen LogP) is 10.8. The molecule has 0 atom stereocenters. The molecule has 0 N–H and O–H groups in total. The maximum Gasteiger partial charge on any atom is 0.0819 e. The van der Waals surface area contributed by atoms with Crippen LogP contribution in [-0.2, 0) is 0 Å². The first-order valence-electron chi connectivity index (χ1n) is 16.0. The minimum Gasteiger partial charge on any atom is -0.264 e. The van der Waals surface area contributed by atoms with Crippen LogP contribution in [0.25, 0.3) is 43.8 Å². The molecular formula is C44H28N4. The number of aromatic nitrogens is 2. The number of hydrogen-bond acceptors (Lipinski definition) is 4. The minimum atomic E-state index is 0.812. The van der Waals surface area contributed by atoms with Crippen molar-refractivity contribution in [1.29, 1.82) is 0 Å². The molecule has 0 radical (unpaired) electrons. The molecule has 0 spiro atoms. The Balaban J connectivity index is 1.15. The van der Waals surface area contributed by atoms with Gasteiger partial charge in [0.1, 0.15) is 0 Å². The van der Waals surface area contributed by atoms with Crippen LogP contribution in [0.15, 0.2) is 180 Å². The van der Waals surface area contributed by atoms with E-state index in [1.807, 2.05) is 36.7 Å². The standard InChI is InChI=1S/C44H28N4/c1-3-7-29(8-4-1)31-11-13-35-25-37(17-15-33(35)23-31)43-39-27-45-21-19-41(39)48-44(40-28-46-22-20-42(40)47-43)38-18-16-34-24-32(12-14-36(34)26-38)30-9-5-2-6-10-30/h1-28H/b43-39?,44-40?,47-42?,47-43-,48-41?,48-44-. The quantitative estimate of drug-likeness (QED) is 0.199. The molecule has 224 valence electrons. The van der Waals surface area contributed by atoms with Gasteiger partial charge in [0.15, 0.2) is 0 Å². The fourth-order valence-corrected chi connectivity index (χ4v) is 6.54. The zero-order valence-electron chi connectivity index (χ0n) is 26.0. The lowest BCUT2D eigenvalue weighted by Gasteiger charge is -2.18. The summed E-state index contributed by atoms with van der Waals surface area (Å²) in [5, 5.41) is 4.64. The van der Waals surface area contributed by atoms with Crippen molar-refractivity contribution in [3.63, 3.8) is 0 Å². The maximum atomic E-state index is 5.32. The number of aliphatic imine (C=N–C) groups is 2. The minimum absolute atomic E-state index is 0.812. The van der Waals surface area contributed by atoms with Crippen molar-refractivity contribution in [1.82, 2.24) is 9.97 Å². The Morgan fingerprint density at radius 1 is 0.312 bits per heavy atom. The second-order valence-electron chi connectivity index (χ2n) is 12.0. The first kappa shape index (κ1) is 27.8. The van der Waals surface area contributed by atoms with Gasteiger partial charge in [-0.15, -0.1) is 0 Å². The summed E-state index contributed by atoms with van der Waals surface area (Å²) in [5.74, 6) is 0. The number of benzene rings is 6. The second-order valence-corrected chi connectivity index (χ2v) is 12.0. The average molecular weight is 613 g/mol. The molecule has 1 aliphatic rings. The Bertz CT molecular complexity index is 2370. The highest BCUT2D eigenvalue weighted by atomic mass is 14.9. The van der Waals surface area contributed by atoms with Gasteiger partial charge in [-0.25, -0.2) is 9.98 Å². The molecule has 9 rings (SSSR count). The summed E-state index contributed by atoms with van der Waals surface area (Å²) in [7, 11) is 0. The Morgan fingerprint density at radius 2 is 0.688 bits per heavy atom. The van der Waals surface area contributed by atoms with E-state index in [0.717, 1.165) is 55.8 Å². The van der Waals surface area contributed by atoms with Crippen molar-refractivity contribution in [3.05, 3.63) is 193 Å². The van der Waals surface area contributed by atoms with Crippen LogP contribution in [0.5, 0.6) is 0 Å². The molecule has 0 bridgehead atoms. The first-order valence-corrected chi connectivity index (χ1v) is 16.0. The average Bonchev–Trinajstić information content (AvgIpc) is 3.15. The first-order chi connectivity index (χ1) is 23.8. The van der Waals surface area contributed by atoms with Gasteiger partial charge in [-0.3, -0.25) is 9.97 Å².